The quantitative estimate of drug-likeness (QED) is 0.430. The van der Waals surface area contributed by atoms with E-state index < -0.39 is 16.1 Å². The number of nitrogens with zero attached hydrogens (tertiary/aromatic N) is 1. The van der Waals surface area contributed by atoms with E-state index in [1.165, 1.54) is 0 Å². The van der Waals surface area contributed by atoms with Crippen molar-refractivity contribution in [1.29, 1.82) is 0 Å². The molecular formula is C16H27N5O3S. The summed E-state index contributed by atoms with van der Waals surface area (Å²) in [5, 5.41) is 5.20. The Morgan fingerprint density at radius 2 is 1.68 bits per heavy atom. The number of nitrogens with two attached hydrogens (primary N) is 1. The van der Waals surface area contributed by atoms with Gasteiger partial charge in [0.15, 0.2) is 5.96 Å². The Morgan fingerprint density at radius 1 is 1.12 bits per heavy atom. The third-order valence-corrected chi connectivity index (χ3v) is 5.02. The van der Waals surface area contributed by atoms with Gasteiger partial charge >= 0.3 is 6.03 Å². The van der Waals surface area contributed by atoms with Crippen LogP contribution in [0.1, 0.15) is 38.8 Å². The number of anilines is 1. The van der Waals surface area contributed by atoms with Crippen molar-refractivity contribution in [2.24, 2.45) is 10.7 Å². The number of nitrogens with one attached hydrogen (secondary N) is 3. The minimum Gasteiger partial charge on any atom is -0.370 e. The zero-order chi connectivity index (χ0) is 19.0. The topological polar surface area (TPSA) is 126 Å². The van der Waals surface area contributed by atoms with Crippen molar-refractivity contribution in [3.8, 4) is 0 Å². The van der Waals surface area contributed by atoms with Gasteiger partial charge in [0.25, 0.3) is 0 Å². The molecular weight excluding hydrogens is 342 g/mol. The Kier molecular flexibility index (Phi) is 7.85. The summed E-state index contributed by atoms with van der Waals surface area (Å²) < 4.78 is 27.0. The molecule has 0 saturated carbocycles. The molecule has 0 aromatic heterocycles. The van der Waals surface area contributed by atoms with E-state index in [4.69, 9.17) is 5.73 Å². The van der Waals surface area contributed by atoms with Gasteiger partial charge < -0.3 is 11.1 Å². The molecule has 2 amide bonds. The molecule has 0 spiro atoms. The average Bonchev–Trinajstić information content (AvgIpc) is 2.54. The van der Waals surface area contributed by atoms with Gasteiger partial charge in [0.1, 0.15) is 0 Å². The molecule has 0 atom stereocenters. The van der Waals surface area contributed by atoms with Gasteiger partial charge in [-0.1, -0.05) is 20.8 Å². The molecule has 0 aliphatic rings. The van der Waals surface area contributed by atoms with Crippen LogP contribution in [0.2, 0.25) is 0 Å². The number of sulfonamides is 1. The molecule has 0 heterocycles. The molecule has 0 bridgehead atoms. The minimum atomic E-state index is -3.56. The Morgan fingerprint density at radius 3 is 2.12 bits per heavy atom. The van der Waals surface area contributed by atoms with E-state index in [0.29, 0.717) is 31.6 Å². The summed E-state index contributed by atoms with van der Waals surface area (Å²) in [5.74, 6) is 0.0300. The lowest BCUT2D eigenvalue weighted by molar-refractivity contribution is 0.256. The summed E-state index contributed by atoms with van der Waals surface area (Å²) >= 11 is 0. The van der Waals surface area contributed by atoms with Crippen LogP contribution in [0.4, 0.5) is 10.5 Å². The second kappa shape index (κ2) is 9.38. The molecule has 1 aromatic carbocycles. The molecule has 0 unspecified atom stereocenters. The summed E-state index contributed by atoms with van der Waals surface area (Å²) in [6.07, 6.45) is 1.13. The van der Waals surface area contributed by atoms with Crippen LogP contribution in [-0.4, -0.2) is 33.5 Å². The molecule has 1 rings (SSSR count). The van der Waals surface area contributed by atoms with Crippen LogP contribution in [0.15, 0.2) is 22.0 Å². The van der Waals surface area contributed by atoms with Crippen molar-refractivity contribution >= 4 is 27.7 Å². The number of amides is 2. The van der Waals surface area contributed by atoms with Gasteiger partial charge in [-0.25, -0.2) is 17.9 Å². The van der Waals surface area contributed by atoms with E-state index in [1.54, 1.807) is 26.0 Å². The van der Waals surface area contributed by atoms with Gasteiger partial charge in [-0.05, 0) is 43.0 Å². The fraction of sp³-hybridized carbons (Fsp3) is 0.500. The zero-order valence-corrected chi connectivity index (χ0v) is 16.0. The number of urea groups is 1. The van der Waals surface area contributed by atoms with E-state index in [0.717, 1.165) is 11.1 Å². The highest BCUT2D eigenvalue weighted by molar-refractivity contribution is 7.89. The maximum atomic E-state index is 12.3. The first-order valence-corrected chi connectivity index (χ1v) is 9.80. The number of carbonyl (C=O) groups excluding carboxylic acids is 1. The molecule has 1 aromatic rings. The molecule has 25 heavy (non-hydrogen) atoms. The van der Waals surface area contributed by atoms with Gasteiger partial charge in [-0.3, -0.25) is 10.3 Å². The van der Waals surface area contributed by atoms with Crippen LogP contribution in [0.25, 0.3) is 0 Å². The molecule has 0 radical (unpaired) electrons. The SMILES string of the molecule is CCN=C(N)NC(=O)Nc1c(CC)cc(S(=O)(=O)NCC)cc1CC. The average molecular weight is 369 g/mol. The molecule has 0 aliphatic heterocycles. The Labute approximate surface area is 149 Å². The van der Waals surface area contributed by atoms with E-state index >= 15 is 0 Å². The summed E-state index contributed by atoms with van der Waals surface area (Å²) in [6.45, 7) is 8.10. The summed E-state index contributed by atoms with van der Waals surface area (Å²) in [7, 11) is -3.56. The van der Waals surface area contributed by atoms with Gasteiger partial charge in [0.05, 0.1) is 4.90 Å². The number of aliphatic imine (C=N–C) groups is 1. The fourth-order valence-corrected chi connectivity index (χ4v) is 3.49. The maximum Gasteiger partial charge on any atom is 0.326 e. The maximum absolute atomic E-state index is 12.3. The van der Waals surface area contributed by atoms with Gasteiger partial charge in [-0.2, -0.15) is 0 Å². The standard InChI is InChI=1S/C16H27N5O3S/c1-5-11-9-13(25(23,24)19-8-4)10-12(6-2)14(11)20-16(22)21-15(17)18-7-3/h9-10,19H,5-8H2,1-4H3,(H4,17,18,20,21,22). The van der Waals surface area contributed by atoms with Crippen LogP contribution in [0.5, 0.6) is 0 Å². The van der Waals surface area contributed by atoms with Crippen LogP contribution in [0, 0.1) is 0 Å². The highest BCUT2D eigenvalue weighted by Crippen LogP contribution is 2.27. The smallest absolute Gasteiger partial charge is 0.326 e. The zero-order valence-electron chi connectivity index (χ0n) is 15.1. The number of hydrogen-bond acceptors (Lipinski definition) is 4. The third-order valence-electron chi connectivity index (χ3n) is 3.49. The lowest BCUT2D eigenvalue weighted by Gasteiger charge is -2.17. The Bertz CT molecular complexity index is 719. The van der Waals surface area contributed by atoms with E-state index in [9.17, 15) is 13.2 Å². The van der Waals surface area contributed by atoms with Crippen molar-refractivity contribution in [2.45, 2.75) is 45.4 Å². The Hall–Kier alpha value is -2.13. The lowest BCUT2D eigenvalue weighted by Crippen LogP contribution is -2.40. The van der Waals surface area contributed by atoms with Crippen molar-refractivity contribution in [3.63, 3.8) is 0 Å². The van der Waals surface area contributed by atoms with Crippen molar-refractivity contribution < 1.29 is 13.2 Å². The molecule has 0 aliphatic carbocycles. The van der Waals surface area contributed by atoms with Gasteiger partial charge in [-0.15, -0.1) is 0 Å². The summed E-state index contributed by atoms with van der Waals surface area (Å²) in [6, 6.07) is 2.65. The van der Waals surface area contributed by atoms with Crippen LogP contribution in [-0.2, 0) is 22.9 Å². The van der Waals surface area contributed by atoms with E-state index in [-0.39, 0.29) is 10.9 Å². The lowest BCUT2D eigenvalue weighted by atomic mass is 10.0. The van der Waals surface area contributed by atoms with Crippen molar-refractivity contribution in [1.82, 2.24) is 10.0 Å². The molecule has 5 N–H and O–H groups in total. The molecule has 8 nitrogen and oxygen atoms in total. The predicted octanol–water partition coefficient (Wildman–Crippen LogP) is 1.57. The third kappa shape index (κ3) is 5.71. The largest absolute Gasteiger partial charge is 0.370 e. The van der Waals surface area contributed by atoms with Crippen molar-refractivity contribution in [3.05, 3.63) is 23.3 Å². The molecule has 0 fully saturated rings. The summed E-state index contributed by atoms with van der Waals surface area (Å²) in [5.41, 5.74) is 7.65. The number of benzene rings is 1. The molecule has 9 heteroatoms. The minimum absolute atomic E-state index is 0.0300. The fourth-order valence-electron chi connectivity index (χ4n) is 2.35. The van der Waals surface area contributed by atoms with Gasteiger partial charge in [0, 0.05) is 18.8 Å². The van der Waals surface area contributed by atoms with Crippen LogP contribution < -0.4 is 21.1 Å². The number of rotatable bonds is 7. The first-order valence-electron chi connectivity index (χ1n) is 8.32. The first kappa shape index (κ1) is 20.9. The highest BCUT2D eigenvalue weighted by atomic mass is 32.2. The van der Waals surface area contributed by atoms with E-state index in [1.807, 2.05) is 13.8 Å². The number of carbonyl (C=O) groups is 1. The van der Waals surface area contributed by atoms with Crippen LogP contribution >= 0.6 is 0 Å². The normalized spacial score (nSPS) is 12.1. The predicted molar refractivity (Wildman–Crippen MR) is 100 cm³/mol. The van der Waals surface area contributed by atoms with E-state index in [2.05, 4.69) is 20.3 Å². The molecule has 140 valence electrons. The number of hydrogen-bond donors (Lipinski definition) is 4. The second-order valence-corrected chi connectivity index (χ2v) is 7.03. The second-order valence-electron chi connectivity index (χ2n) is 5.26. The highest BCUT2D eigenvalue weighted by Gasteiger charge is 2.19. The monoisotopic (exact) mass is 369 g/mol. The number of aryl methyl sites for hydroxylation is 2. The first-order chi connectivity index (χ1) is 11.8. The Balaban J connectivity index is 3.24. The van der Waals surface area contributed by atoms with Crippen molar-refractivity contribution in [2.75, 3.05) is 18.4 Å². The van der Waals surface area contributed by atoms with Gasteiger partial charge in [0.2, 0.25) is 10.0 Å². The van der Waals surface area contributed by atoms with Crippen LogP contribution in [0.3, 0.4) is 0 Å². The summed E-state index contributed by atoms with van der Waals surface area (Å²) in [4.78, 5) is 16.2. The number of guanidine groups is 1. The molecule has 0 saturated heterocycles.